The van der Waals surface area contributed by atoms with Gasteiger partial charge in [0.15, 0.2) is 0 Å². The second kappa shape index (κ2) is 6.81. The van der Waals surface area contributed by atoms with Crippen molar-refractivity contribution in [2.75, 3.05) is 5.32 Å². The lowest BCUT2D eigenvalue weighted by Crippen LogP contribution is -2.28. The average molecular weight is 314 g/mol. The van der Waals surface area contributed by atoms with Gasteiger partial charge < -0.3 is 5.32 Å². The molecule has 8 heteroatoms. The summed E-state index contributed by atoms with van der Waals surface area (Å²) in [6.07, 6.45) is 2.34. The van der Waals surface area contributed by atoms with Crippen molar-refractivity contribution in [3.8, 4) is 0 Å². The van der Waals surface area contributed by atoms with E-state index in [1.54, 1.807) is 12.3 Å². The predicted octanol–water partition coefficient (Wildman–Crippen LogP) is 2.17. The highest BCUT2D eigenvalue weighted by molar-refractivity contribution is 7.15. The monoisotopic (exact) mass is 314 g/mol. The van der Waals surface area contributed by atoms with Crippen LogP contribution in [0.2, 0.25) is 0 Å². The molecule has 0 fully saturated rings. The van der Waals surface area contributed by atoms with Gasteiger partial charge in [-0.25, -0.2) is 4.79 Å². The van der Waals surface area contributed by atoms with Gasteiger partial charge in [0.05, 0.1) is 12.2 Å². The predicted molar refractivity (Wildman–Crippen MR) is 83.6 cm³/mol. The molecule has 0 bridgehead atoms. The van der Waals surface area contributed by atoms with Gasteiger partial charge in [-0.1, -0.05) is 41.7 Å². The Morgan fingerprint density at radius 1 is 1.18 bits per heavy atom. The van der Waals surface area contributed by atoms with Crippen LogP contribution in [0.4, 0.5) is 9.93 Å². The van der Waals surface area contributed by atoms with Crippen LogP contribution in [0.5, 0.6) is 0 Å². The van der Waals surface area contributed by atoms with Gasteiger partial charge in [0.2, 0.25) is 5.13 Å². The number of urea groups is 1. The summed E-state index contributed by atoms with van der Waals surface area (Å²) in [5.74, 6) is 0. The summed E-state index contributed by atoms with van der Waals surface area (Å²) in [7, 11) is 0. The molecule has 0 unspecified atom stereocenters. The highest BCUT2D eigenvalue weighted by atomic mass is 32.1. The van der Waals surface area contributed by atoms with Crippen LogP contribution in [0.15, 0.2) is 42.6 Å². The number of carbonyl (C=O) groups is 1. The molecular weight excluding hydrogens is 300 g/mol. The van der Waals surface area contributed by atoms with E-state index in [0.29, 0.717) is 18.1 Å². The maximum absolute atomic E-state index is 11.8. The van der Waals surface area contributed by atoms with Crippen LogP contribution in [0.1, 0.15) is 16.3 Å². The Balaban J connectivity index is 1.51. The van der Waals surface area contributed by atoms with Gasteiger partial charge in [-0.2, -0.15) is 5.10 Å². The maximum atomic E-state index is 11.8. The molecule has 2 aromatic heterocycles. The summed E-state index contributed by atoms with van der Waals surface area (Å²) in [5, 5.41) is 21.4. The first kappa shape index (κ1) is 14.2. The minimum Gasteiger partial charge on any atom is -0.332 e. The first-order valence-corrected chi connectivity index (χ1v) is 7.50. The Morgan fingerprint density at radius 3 is 2.82 bits per heavy atom. The van der Waals surface area contributed by atoms with E-state index in [1.165, 1.54) is 11.3 Å². The molecule has 0 spiro atoms. The van der Waals surface area contributed by atoms with Crippen LogP contribution in [0.3, 0.4) is 0 Å². The van der Waals surface area contributed by atoms with Gasteiger partial charge in [-0.05, 0) is 11.6 Å². The number of rotatable bonds is 5. The molecule has 3 rings (SSSR count). The molecule has 3 aromatic rings. The molecule has 0 saturated heterocycles. The number of anilines is 1. The van der Waals surface area contributed by atoms with Crippen molar-refractivity contribution in [2.24, 2.45) is 0 Å². The van der Waals surface area contributed by atoms with Gasteiger partial charge >= 0.3 is 6.03 Å². The number of nitrogens with one attached hydrogen (secondary N) is 3. The van der Waals surface area contributed by atoms with Gasteiger partial charge in [-0.3, -0.25) is 10.4 Å². The van der Waals surface area contributed by atoms with E-state index in [9.17, 15) is 4.79 Å². The highest BCUT2D eigenvalue weighted by Crippen LogP contribution is 2.18. The minimum absolute atomic E-state index is 0.322. The zero-order valence-corrected chi connectivity index (χ0v) is 12.4. The van der Waals surface area contributed by atoms with Crippen LogP contribution >= 0.6 is 11.3 Å². The van der Waals surface area contributed by atoms with Gasteiger partial charge in [0, 0.05) is 12.6 Å². The molecule has 3 N–H and O–H groups in total. The number of benzene rings is 1. The molecule has 22 heavy (non-hydrogen) atoms. The van der Waals surface area contributed by atoms with Gasteiger partial charge in [-0.15, -0.1) is 10.2 Å². The van der Waals surface area contributed by atoms with Crippen molar-refractivity contribution >= 4 is 22.5 Å². The highest BCUT2D eigenvalue weighted by Gasteiger charge is 2.08. The number of aromatic amines is 1. The molecule has 0 radical (unpaired) electrons. The lowest BCUT2D eigenvalue weighted by Gasteiger charge is -2.02. The van der Waals surface area contributed by atoms with Gasteiger partial charge in [0.25, 0.3) is 0 Å². The lowest BCUT2D eigenvalue weighted by molar-refractivity contribution is 0.251. The van der Waals surface area contributed by atoms with Crippen molar-refractivity contribution in [1.82, 2.24) is 25.7 Å². The molecule has 0 aliphatic carbocycles. The largest absolute Gasteiger partial charge is 0.332 e. The Kier molecular flexibility index (Phi) is 4.40. The zero-order chi connectivity index (χ0) is 15.2. The fourth-order valence-corrected chi connectivity index (χ4v) is 2.62. The number of carbonyl (C=O) groups excluding carboxylic acids is 1. The summed E-state index contributed by atoms with van der Waals surface area (Å²) in [5.41, 5.74) is 1.99. The maximum Gasteiger partial charge on any atom is 0.321 e. The second-order valence-corrected chi connectivity index (χ2v) is 5.61. The number of amides is 2. The molecule has 112 valence electrons. The summed E-state index contributed by atoms with van der Waals surface area (Å²) in [6.45, 7) is 0.376. The minimum atomic E-state index is -0.322. The summed E-state index contributed by atoms with van der Waals surface area (Å²) < 4.78 is 0. The van der Waals surface area contributed by atoms with Crippen LogP contribution in [0.25, 0.3) is 0 Å². The Hall–Kier alpha value is -2.74. The van der Waals surface area contributed by atoms with Crippen molar-refractivity contribution in [3.63, 3.8) is 0 Å². The van der Waals surface area contributed by atoms with E-state index >= 15 is 0 Å². The molecule has 0 saturated carbocycles. The van der Waals surface area contributed by atoms with Crippen molar-refractivity contribution < 1.29 is 4.79 Å². The Morgan fingerprint density at radius 2 is 2.05 bits per heavy atom. The van der Waals surface area contributed by atoms with E-state index in [0.717, 1.165) is 16.3 Å². The van der Waals surface area contributed by atoms with E-state index in [4.69, 9.17) is 0 Å². The fraction of sp³-hybridized carbons (Fsp3) is 0.143. The van der Waals surface area contributed by atoms with E-state index < -0.39 is 0 Å². The molecule has 0 aliphatic rings. The van der Waals surface area contributed by atoms with Crippen LogP contribution in [0, 0.1) is 0 Å². The van der Waals surface area contributed by atoms with Crippen molar-refractivity contribution in [2.45, 2.75) is 13.0 Å². The van der Waals surface area contributed by atoms with Crippen LogP contribution in [-0.2, 0) is 13.0 Å². The third-order valence-corrected chi connectivity index (χ3v) is 3.72. The normalized spacial score (nSPS) is 10.4. The molecule has 7 nitrogen and oxygen atoms in total. The Labute approximate surface area is 130 Å². The smallest absolute Gasteiger partial charge is 0.321 e. The molecule has 0 aliphatic heterocycles. The second-order valence-electron chi connectivity index (χ2n) is 4.55. The number of hydrogen-bond donors (Lipinski definition) is 3. The van der Waals surface area contributed by atoms with E-state index in [-0.39, 0.29) is 6.03 Å². The third-order valence-electron chi connectivity index (χ3n) is 2.88. The number of aromatic nitrogens is 4. The molecule has 2 amide bonds. The average Bonchev–Trinajstić information content (AvgIpc) is 3.18. The molecule has 1 aromatic carbocycles. The van der Waals surface area contributed by atoms with E-state index in [1.807, 2.05) is 30.3 Å². The molecule has 0 atom stereocenters. The molecule has 2 heterocycles. The zero-order valence-electron chi connectivity index (χ0n) is 11.6. The first-order chi connectivity index (χ1) is 10.8. The quantitative estimate of drug-likeness (QED) is 0.672. The van der Waals surface area contributed by atoms with Gasteiger partial charge in [0.1, 0.15) is 5.01 Å². The van der Waals surface area contributed by atoms with E-state index in [2.05, 4.69) is 31.0 Å². The Bertz CT molecular complexity index is 725. The third kappa shape index (κ3) is 3.89. The topological polar surface area (TPSA) is 95.6 Å². The molecular formula is C14H14N6OS. The van der Waals surface area contributed by atoms with Crippen molar-refractivity contribution in [1.29, 1.82) is 0 Å². The SMILES string of the molecule is O=C(NCc1ccn[nH]1)Nc1nnc(Cc2ccccc2)s1. The van der Waals surface area contributed by atoms with Crippen LogP contribution < -0.4 is 10.6 Å². The fourth-order valence-electron chi connectivity index (χ4n) is 1.85. The lowest BCUT2D eigenvalue weighted by atomic mass is 10.2. The van der Waals surface area contributed by atoms with Crippen molar-refractivity contribution in [3.05, 3.63) is 58.9 Å². The standard InChI is InChI=1S/C14H14N6OS/c21-13(15-9-11-6-7-16-18-11)17-14-20-19-12(22-14)8-10-4-2-1-3-5-10/h1-7H,8-9H2,(H,16,18)(H2,15,17,20,21). The number of hydrogen-bond acceptors (Lipinski definition) is 5. The number of H-pyrrole nitrogens is 1. The van der Waals surface area contributed by atoms with Crippen LogP contribution in [-0.4, -0.2) is 26.4 Å². The summed E-state index contributed by atoms with van der Waals surface area (Å²) in [4.78, 5) is 11.8. The summed E-state index contributed by atoms with van der Waals surface area (Å²) >= 11 is 1.37. The number of nitrogens with zero attached hydrogens (tertiary/aromatic N) is 3. The summed E-state index contributed by atoms with van der Waals surface area (Å²) in [6, 6.07) is 11.5. The first-order valence-electron chi connectivity index (χ1n) is 6.69.